The number of nitrogens with zero attached hydrogens (tertiary/aromatic N) is 2. The molecule has 1 saturated heterocycles. The first kappa shape index (κ1) is 20.0. The van der Waals surface area contributed by atoms with Crippen molar-refractivity contribution < 1.29 is 23.4 Å². The van der Waals surface area contributed by atoms with Crippen LogP contribution in [-0.2, 0) is 10.7 Å². The van der Waals surface area contributed by atoms with Gasteiger partial charge in [-0.2, -0.15) is 0 Å². The van der Waals surface area contributed by atoms with Gasteiger partial charge in [0.05, 0.1) is 12.5 Å². The number of carbonyl (C=O) groups excluding carboxylic acids is 1. The van der Waals surface area contributed by atoms with Crippen LogP contribution in [0.25, 0.3) is 0 Å². The summed E-state index contributed by atoms with van der Waals surface area (Å²) in [5.74, 6) is -2.75. The topological polar surface area (TPSA) is 62.7 Å². The van der Waals surface area contributed by atoms with Crippen LogP contribution in [0.4, 0.5) is 8.78 Å². The number of aromatic nitrogens is 1. The van der Waals surface area contributed by atoms with Gasteiger partial charge in [-0.3, -0.25) is 4.79 Å². The fourth-order valence-electron chi connectivity index (χ4n) is 4.08. The summed E-state index contributed by atoms with van der Waals surface area (Å²) in [5, 5.41) is 9.29. The molecule has 2 fully saturated rings. The van der Waals surface area contributed by atoms with Crippen molar-refractivity contribution in [2.24, 2.45) is 11.3 Å². The molecule has 5 nitrogen and oxygen atoms in total. The molecule has 1 atom stereocenters. The van der Waals surface area contributed by atoms with E-state index in [0.717, 1.165) is 45.7 Å². The van der Waals surface area contributed by atoms with Gasteiger partial charge >= 0.3 is 0 Å². The third-order valence-corrected chi connectivity index (χ3v) is 5.95. The highest BCUT2D eigenvalue weighted by atomic mass is 19.3. The first-order chi connectivity index (χ1) is 12.8. The second kappa shape index (κ2) is 7.70. The molecule has 1 aromatic rings. The van der Waals surface area contributed by atoms with E-state index in [1.165, 1.54) is 18.3 Å². The minimum Gasteiger partial charge on any atom is -0.474 e. The number of hydrogen-bond acceptors (Lipinski definition) is 4. The molecule has 0 bridgehead atoms. The quantitative estimate of drug-likeness (QED) is 0.820. The lowest BCUT2D eigenvalue weighted by atomic mass is 9.67. The molecular weight excluding hydrogens is 354 g/mol. The van der Waals surface area contributed by atoms with Gasteiger partial charge in [-0.15, -0.1) is 0 Å². The number of aliphatic hydroxyl groups is 1. The number of pyridine rings is 1. The number of carbonyl (C=O) groups is 1. The van der Waals surface area contributed by atoms with Crippen LogP contribution >= 0.6 is 0 Å². The summed E-state index contributed by atoms with van der Waals surface area (Å²) in [5.41, 5.74) is 0.0510. The van der Waals surface area contributed by atoms with E-state index in [1.807, 2.05) is 11.8 Å². The van der Waals surface area contributed by atoms with Crippen LogP contribution in [0, 0.1) is 11.3 Å². The normalized spacial score (nSPS) is 21.0. The lowest BCUT2D eigenvalue weighted by Gasteiger charge is -2.54. The monoisotopic (exact) mass is 382 g/mol. The molecule has 0 unspecified atom stereocenters. The molecule has 7 heteroatoms. The Bertz CT molecular complexity index is 640. The van der Waals surface area contributed by atoms with Crippen LogP contribution in [0.2, 0.25) is 0 Å². The van der Waals surface area contributed by atoms with Crippen molar-refractivity contribution in [2.45, 2.75) is 58.0 Å². The SMILES string of the molecule is CC[C@H](CO)C(=O)N1CC2(CCC(Oc3ccc(C(C)(F)F)cn3)CC2)C1. The number of likely N-dealkylation sites (tertiary alicyclic amines) is 1. The fraction of sp³-hybridized carbons (Fsp3) is 0.700. The zero-order chi connectivity index (χ0) is 19.7. The maximum Gasteiger partial charge on any atom is 0.272 e. The summed E-state index contributed by atoms with van der Waals surface area (Å²) >= 11 is 0. The molecule has 1 spiro atoms. The highest BCUT2D eigenvalue weighted by molar-refractivity contribution is 5.80. The smallest absolute Gasteiger partial charge is 0.272 e. The number of halogens is 2. The third kappa shape index (κ3) is 4.39. The molecule has 1 amide bonds. The summed E-state index contributed by atoms with van der Waals surface area (Å²) in [4.78, 5) is 18.2. The van der Waals surface area contributed by atoms with Gasteiger partial charge in [0, 0.05) is 43.3 Å². The molecule has 1 aromatic heterocycles. The Morgan fingerprint density at radius 1 is 1.41 bits per heavy atom. The predicted molar refractivity (Wildman–Crippen MR) is 96.6 cm³/mol. The summed E-state index contributed by atoms with van der Waals surface area (Å²) in [6.45, 7) is 4.19. The van der Waals surface area contributed by atoms with E-state index >= 15 is 0 Å². The summed E-state index contributed by atoms with van der Waals surface area (Å²) in [6.07, 6.45) is 5.54. The summed E-state index contributed by atoms with van der Waals surface area (Å²) < 4.78 is 32.3. The van der Waals surface area contributed by atoms with Gasteiger partial charge < -0.3 is 14.7 Å². The van der Waals surface area contributed by atoms with Crippen molar-refractivity contribution in [2.75, 3.05) is 19.7 Å². The molecule has 2 aliphatic rings. The molecule has 1 aliphatic carbocycles. The van der Waals surface area contributed by atoms with E-state index in [0.29, 0.717) is 12.3 Å². The number of alkyl halides is 2. The zero-order valence-electron chi connectivity index (χ0n) is 16.0. The Morgan fingerprint density at radius 3 is 2.56 bits per heavy atom. The van der Waals surface area contributed by atoms with Crippen molar-refractivity contribution in [1.29, 1.82) is 0 Å². The van der Waals surface area contributed by atoms with Crippen LogP contribution in [0.5, 0.6) is 5.88 Å². The van der Waals surface area contributed by atoms with Gasteiger partial charge in [-0.1, -0.05) is 6.92 Å². The molecular formula is C20H28F2N2O3. The number of amides is 1. The van der Waals surface area contributed by atoms with E-state index in [4.69, 9.17) is 4.74 Å². The van der Waals surface area contributed by atoms with Crippen LogP contribution < -0.4 is 4.74 Å². The second-order valence-electron chi connectivity index (χ2n) is 8.07. The number of ether oxygens (including phenoxy) is 1. The largest absolute Gasteiger partial charge is 0.474 e. The van der Waals surface area contributed by atoms with Crippen molar-refractivity contribution in [3.63, 3.8) is 0 Å². The Balaban J connectivity index is 1.47. The van der Waals surface area contributed by atoms with Gasteiger partial charge in [0.1, 0.15) is 6.10 Å². The summed E-state index contributed by atoms with van der Waals surface area (Å²) in [7, 11) is 0. The highest BCUT2D eigenvalue weighted by Gasteiger charge is 2.48. The third-order valence-electron chi connectivity index (χ3n) is 5.95. The summed E-state index contributed by atoms with van der Waals surface area (Å²) in [6, 6.07) is 2.86. The van der Waals surface area contributed by atoms with E-state index in [9.17, 15) is 18.7 Å². The zero-order valence-corrected chi connectivity index (χ0v) is 16.0. The van der Waals surface area contributed by atoms with Crippen LogP contribution in [0.1, 0.15) is 51.5 Å². The minimum absolute atomic E-state index is 0.0293. The van der Waals surface area contributed by atoms with E-state index < -0.39 is 5.92 Å². The molecule has 1 N–H and O–H groups in total. The average Bonchev–Trinajstić information content (AvgIpc) is 2.61. The van der Waals surface area contributed by atoms with Gasteiger partial charge in [0.2, 0.25) is 11.8 Å². The Kier molecular flexibility index (Phi) is 5.70. The van der Waals surface area contributed by atoms with Crippen LogP contribution in [0.3, 0.4) is 0 Å². The van der Waals surface area contributed by atoms with Gasteiger partial charge in [-0.25, -0.2) is 13.8 Å². The first-order valence-corrected chi connectivity index (χ1v) is 9.67. The number of rotatable bonds is 6. The van der Waals surface area contributed by atoms with Crippen LogP contribution in [0.15, 0.2) is 18.3 Å². The predicted octanol–water partition coefficient (Wildman–Crippen LogP) is 3.36. The molecule has 1 saturated carbocycles. The molecule has 3 rings (SSSR count). The highest BCUT2D eigenvalue weighted by Crippen LogP contribution is 2.45. The van der Waals surface area contributed by atoms with Crippen molar-refractivity contribution in [3.8, 4) is 5.88 Å². The molecule has 150 valence electrons. The lowest BCUT2D eigenvalue weighted by Crippen LogP contribution is -2.61. The molecule has 2 heterocycles. The van der Waals surface area contributed by atoms with Crippen molar-refractivity contribution in [3.05, 3.63) is 23.9 Å². The molecule has 27 heavy (non-hydrogen) atoms. The molecule has 0 aromatic carbocycles. The maximum atomic E-state index is 13.2. The second-order valence-corrected chi connectivity index (χ2v) is 8.07. The average molecular weight is 382 g/mol. The van der Waals surface area contributed by atoms with Crippen LogP contribution in [-0.4, -0.2) is 46.7 Å². The Hall–Kier alpha value is -1.76. The van der Waals surface area contributed by atoms with E-state index in [-0.39, 0.29) is 35.5 Å². The fourth-order valence-corrected chi connectivity index (χ4v) is 4.08. The van der Waals surface area contributed by atoms with E-state index in [1.54, 1.807) is 0 Å². The van der Waals surface area contributed by atoms with Gasteiger partial charge in [-0.05, 0) is 38.2 Å². The first-order valence-electron chi connectivity index (χ1n) is 9.67. The standard InChI is InChI=1S/C20H28F2N2O3/c1-3-14(11-25)18(26)24-12-20(13-24)8-6-16(7-9-20)27-17-5-4-15(10-23-17)19(2,21)22/h4-5,10,14,16,25H,3,6-9,11-13H2,1-2H3/t14-/m1/s1. The Labute approximate surface area is 158 Å². The van der Waals surface area contributed by atoms with Crippen molar-refractivity contribution in [1.82, 2.24) is 9.88 Å². The molecule has 1 aliphatic heterocycles. The number of hydrogen-bond donors (Lipinski definition) is 1. The number of aliphatic hydroxyl groups excluding tert-OH is 1. The van der Waals surface area contributed by atoms with Crippen molar-refractivity contribution >= 4 is 5.91 Å². The minimum atomic E-state index is -2.90. The van der Waals surface area contributed by atoms with E-state index in [2.05, 4.69) is 4.98 Å². The van der Waals surface area contributed by atoms with Gasteiger partial charge in [0.15, 0.2) is 0 Å². The van der Waals surface area contributed by atoms with Gasteiger partial charge in [0.25, 0.3) is 5.92 Å². The Morgan fingerprint density at radius 2 is 2.07 bits per heavy atom. The lowest BCUT2D eigenvalue weighted by molar-refractivity contribution is -0.152. The maximum absolute atomic E-state index is 13.2. The molecule has 0 radical (unpaired) electrons.